The first-order valence-electron chi connectivity index (χ1n) is 4.41. The van der Waals surface area contributed by atoms with E-state index in [1.54, 1.807) is 0 Å². The van der Waals surface area contributed by atoms with Crippen molar-refractivity contribution in [2.24, 2.45) is 0 Å². The number of nitrogens with zero attached hydrogens (tertiary/aromatic N) is 1. The van der Waals surface area contributed by atoms with Crippen LogP contribution in [-0.4, -0.2) is 30.7 Å². The van der Waals surface area contributed by atoms with E-state index in [1.807, 2.05) is 0 Å². The predicted octanol–water partition coefficient (Wildman–Crippen LogP) is 1.64. The summed E-state index contributed by atoms with van der Waals surface area (Å²) in [7, 11) is 0. The number of rotatable bonds is 1. The quantitative estimate of drug-likeness (QED) is 0.712. The van der Waals surface area contributed by atoms with Crippen LogP contribution in [0.1, 0.15) is 25.7 Å². The first-order valence-corrected chi connectivity index (χ1v) is 4.41. The second kappa shape index (κ2) is 6.03. The molecule has 0 aromatic rings. The van der Waals surface area contributed by atoms with Crippen LogP contribution in [-0.2, 0) is 0 Å². The molecule has 0 bridgehead atoms. The second-order valence-corrected chi connectivity index (χ2v) is 3.41. The number of nitrogens with one attached hydrogen (secondary N) is 1. The molecule has 0 unspecified atom stereocenters. The second-order valence-electron chi connectivity index (χ2n) is 3.41. The summed E-state index contributed by atoms with van der Waals surface area (Å²) in [5, 5.41) is 3.38. The molecule has 0 amide bonds. The lowest BCUT2D eigenvalue weighted by atomic mass is 10.2. The van der Waals surface area contributed by atoms with E-state index in [4.69, 9.17) is 0 Å². The molecule has 12 heavy (non-hydrogen) atoms. The Balaban J connectivity index is 0.000000605. The molecule has 1 saturated carbocycles. The summed E-state index contributed by atoms with van der Waals surface area (Å²) in [6, 6.07) is 0.926. The summed E-state index contributed by atoms with van der Waals surface area (Å²) in [4.78, 5) is 2.59. The largest absolute Gasteiger partial charge is 0.303 e. The van der Waals surface area contributed by atoms with E-state index < -0.39 is 0 Å². The van der Waals surface area contributed by atoms with Gasteiger partial charge in [0.15, 0.2) is 0 Å². The van der Waals surface area contributed by atoms with Crippen molar-refractivity contribution >= 4 is 24.8 Å². The number of halogens is 2. The summed E-state index contributed by atoms with van der Waals surface area (Å²) in [5.74, 6) is 0. The molecule has 1 saturated heterocycles. The van der Waals surface area contributed by atoms with Crippen LogP contribution in [0, 0.1) is 0 Å². The van der Waals surface area contributed by atoms with Gasteiger partial charge in [0.25, 0.3) is 0 Å². The number of hydrogen-bond acceptors (Lipinski definition) is 2. The maximum absolute atomic E-state index is 3.38. The van der Waals surface area contributed by atoms with Crippen molar-refractivity contribution in [2.75, 3.05) is 19.8 Å². The predicted molar refractivity (Wildman–Crippen MR) is 56.3 cm³/mol. The highest BCUT2D eigenvalue weighted by Gasteiger charge is 2.23. The van der Waals surface area contributed by atoms with Gasteiger partial charge in [0.2, 0.25) is 0 Å². The van der Waals surface area contributed by atoms with E-state index >= 15 is 0 Å². The van der Waals surface area contributed by atoms with E-state index in [9.17, 15) is 0 Å². The van der Waals surface area contributed by atoms with Crippen LogP contribution < -0.4 is 5.32 Å². The van der Waals surface area contributed by atoms with Crippen LogP contribution in [0.5, 0.6) is 0 Å². The normalized spacial score (nSPS) is 25.0. The third kappa shape index (κ3) is 2.77. The fourth-order valence-corrected chi connectivity index (χ4v) is 2.11. The molecular weight excluding hydrogens is 195 g/mol. The Labute approximate surface area is 86.9 Å². The Morgan fingerprint density at radius 1 is 1.08 bits per heavy atom. The minimum absolute atomic E-state index is 0. The lowest BCUT2D eigenvalue weighted by Crippen LogP contribution is -2.31. The molecular formula is C8H18Cl2N2. The van der Waals surface area contributed by atoms with Crippen molar-refractivity contribution in [2.45, 2.75) is 31.7 Å². The Hall–Kier alpha value is 0.500. The van der Waals surface area contributed by atoms with Crippen LogP contribution in [0.2, 0.25) is 0 Å². The molecule has 2 aliphatic rings. The summed E-state index contributed by atoms with van der Waals surface area (Å²) in [5.41, 5.74) is 0. The first kappa shape index (κ1) is 12.5. The molecule has 0 radical (unpaired) electrons. The minimum Gasteiger partial charge on any atom is -0.303 e. The molecule has 1 N–H and O–H groups in total. The van der Waals surface area contributed by atoms with Crippen LogP contribution >= 0.6 is 24.8 Å². The highest BCUT2D eigenvalue weighted by atomic mass is 35.5. The van der Waals surface area contributed by atoms with Crippen molar-refractivity contribution in [1.82, 2.24) is 10.2 Å². The summed E-state index contributed by atoms with van der Waals surface area (Å²) in [6.45, 7) is 3.63. The van der Waals surface area contributed by atoms with Gasteiger partial charge < -0.3 is 5.32 Å². The van der Waals surface area contributed by atoms with Gasteiger partial charge in [-0.2, -0.15) is 0 Å². The van der Waals surface area contributed by atoms with Gasteiger partial charge in [0.05, 0.1) is 0 Å². The summed E-state index contributed by atoms with van der Waals surface area (Å²) in [6.07, 6.45) is 5.81. The van der Waals surface area contributed by atoms with E-state index in [1.165, 1.54) is 38.8 Å². The fourth-order valence-electron chi connectivity index (χ4n) is 2.11. The third-order valence-corrected chi connectivity index (χ3v) is 2.73. The molecule has 0 spiro atoms. The van der Waals surface area contributed by atoms with E-state index in [0.29, 0.717) is 0 Å². The molecule has 2 fully saturated rings. The zero-order valence-corrected chi connectivity index (χ0v) is 8.92. The zero-order chi connectivity index (χ0) is 6.81. The summed E-state index contributed by atoms with van der Waals surface area (Å²) < 4.78 is 0. The molecule has 1 heterocycles. The van der Waals surface area contributed by atoms with E-state index in [0.717, 1.165) is 12.7 Å². The molecule has 0 aromatic carbocycles. The first-order chi connectivity index (χ1) is 4.97. The van der Waals surface area contributed by atoms with Crippen LogP contribution in [0.3, 0.4) is 0 Å². The van der Waals surface area contributed by atoms with Gasteiger partial charge in [-0.1, -0.05) is 12.8 Å². The molecule has 1 aliphatic carbocycles. The molecule has 2 nitrogen and oxygen atoms in total. The van der Waals surface area contributed by atoms with Gasteiger partial charge in [-0.3, -0.25) is 4.90 Å². The van der Waals surface area contributed by atoms with Crippen LogP contribution in [0.25, 0.3) is 0 Å². The Bertz CT molecular complexity index is 95.6. The van der Waals surface area contributed by atoms with Gasteiger partial charge >= 0.3 is 0 Å². The molecule has 74 valence electrons. The molecule has 1 aliphatic heterocycles. The molecule has 0 atom stereocenters. The monoisotopic (exact) mass is 212 g/mol. The van der Waals surface area contributed by atoms with Gasteiger partial charge in [0.1, 0.15) is 0 Å². The lowest BCUT2D eigenvalue weighted by Gasteiger charge is -2.21. The van der Waals surface area contributed by atoms with Gasteiger partial charge in [-0.15, -0.1) is 24.8 Å². The number of hydrogen-bond donors (Lipinski definition) is 1. The maximum Gasteiger partial charge on any atom is 0.0484 e. The average Bonchev–Trinajstić information content (AvgIpc) is 2.59. The van der Waals surface area contributed by atoms with E-state index in [2.05, 4.69) is 10.2 Å². The SMILES string of the molecule is C1CCC(N2CCNC2)C1.Cl.Cl. The van der Waals surface area contributed by atoms with Crippen molar-refractivity contribution in [3.8, 4) is 0 Å². The molecule has 4 heteroatoms. The van der Waals surface area contributed by atoms with Crippen LogP contribution in [0.15, 0.2) is 0 Å². The van der Waals surface area contributed by atoms with Crippen molar-refractivity contribution in [3.63, 3.8) is 0 Å². The Morgan fingerprint density at radius 3 is 2.25 bits per heavy atom. The van der Waals surface area contributed by atoms with E-state index in [-0.39, 0.29) is 24.8 Å². The van der Waals surface area contributed by atoms with Gasteiger partial charge in [-0.05, 0) is 12.8 Å². The smallest absolute Gasteiger partial charge is 0.0484 e. The summed E-state index contributed by atoms with van der Waals surface area (Å²) >= 11 is 0. The van der Waals surface area contributed by atoms with Crippen LogP contribution in [0.4, 0.5) is 0 Å². The third-order valence-electron chi connectivity index (χ3n) is 2.73. The lowest BCUT2D eigenvalue weighted by molar-refractivity contribution is 0.244. The van der Waals surface area contributed by atoms with Gasteiger partial charge in [0, 0.05) is 25.8 Å². The minimum atomic E-state index is 0. The Kier molecular flexibility index (Phi) is 6.28. The van der Waals surface area contributed by atoms with Gasteiger partial charge in [-0.25, -0.2) is 0 Å². The highest BCUT2D eigenvalue weighted by Crippen LogP contribution is 2.23. The van der Waals surface area contributed by atoms with Crippen molar-refractivity contribution in [1.29, 1.82) is 0 Å². The maximum atomic E-state index is 3.38. The van der Waals surface area contributed by atoms with Crippen molar-refractivity contribution in [3.05, 3.63) is 0 Å². The average molecular weight is 213 g/mol. The van der Waals surface area contributed by atoms with Crippen molar-refractivity contribution < 1.29 is 0 Å². The zero-order valence-electron chi connectivity index (χ0n) is 7.29. The molecule has 0 aromatic heterocycles. The Morgan fingerprint density at radius 2 is 1.75 bits per heavy atom. The highest BCUT2D eigenvalue weighted by molar-refractivity contribution is 5.85. The topological polar surface area (TPSA) is 15.3 Å². The molecule has 2 rings (SSSR count). The standard InChI is InChI=1S/C8H16N2.2ClH/c1-2-4-8(3-1)10-6-5-9-7-10;;/h8-9H,1-7H2;2*1H. The fraction of sp³-hybridized carbons (Fsp3) is 1.00.